The van der Waals surface area contributed by atoms with Crippen molar-refractivity contribution < 1.29 is 4.79 Å². The number of hydrogen-bond acceptors (Lipinski definition) is 2. The van der Waals surface area contributed by atoms with Gasteiger partial charge in [0.05, 0.1) is 5.75 Å². The fourth-order valence-corrected chi connectivity index (χ4v) is 3.40. The second kappa shape index (κ2) is 7.59. The van der Waals surface area contributed by atoms with Crippen LogP contribution in [-0.2, 0) is 4.79 Å². The lowest BCUT2D eigenvalue weighted by Gasteiger charge is -2.16. The Kier molecular flexibility index (Phi) is 5.77. The second-order valence-electron chi connectivity index (χ2n) is 5.31. The van der Waals surface area contributed by atoms with Crippen LogP contribution in [0.3, 0.4) is 0 Å². The van der Waals surface area contributed by atoms with Gasteiger partial charge in [0.15, 0.2) is 0 Å². The van der Waals surface area contributed by atoms with E-state index in [2.05, 4.69) is 24.4 Å². The number of nitrogens with one attached hydrogen (secondary N) is 1. The highest BCUT2D eigenvalue weighted by Crippen LogP contribution is 2.22. The van der Waals surface area contributed by atoms with Crippen molar-refractivity contribution in [1.82, 2.24) is 5.32 Å². The van der Waals surface area contributed by atoms with Crippen molar-refractivity contribution in [2.75, 3.05) is 5.75 Å². The largest absolute Gasteiger partial charge is 0.353 e. The van der Waals surface area contributed by atoms with Crippen molar-refractivity contribution in [3.63, 3.8) is 0 Å². The smallest absolute Gasteiger partial charge is 0.230 e. The molecule has 1 aliphatic carbocycles. The van der Waals surface area contributed by atoms with Crippen LogP contribution in [0.1, 0.15) is 44.1 Å². The molecule has 1 saturated carbocycles. The first kappa shape index (κ1) is 14.4. The summed E-state index contributed by atoms with van der Waals surface area (Å²) in [5.41, 5.74) is 1.25. The van der Waals surface area contributed by atoms with E-state index in [1.165, 1.54) is 36.1 Å². The Morgan fingerprint density at radius 3 is 2.58 bits per heavy atom. The Labute approximate surface area is 120 Å². The van der Waals surface area contributed by atoms with E-state index in [1.54, 1.807) is 11.8 Å². The fourth-order valence-electron chi connectivity index (χ4n) is 2.55. The molecule has 0 bridgehead atoms. The first-order valence-corrected chi connectivity index (χ1v) is 8.22. The molecule has 0 aliphatic heterocycles. The maximum absolute atomic E-state index is 12.0. The van der Waals surface area contributed by atoms with Crippen LogP contribution in [0.4, 0.5) is 0 Å². The van der Waals surface area contributed by atoms with E-state index in [9.17, 15) is 4.79 Å². The Morgan fingerprint density at radius 1 is 1.21 bits per heavy atom. The SMILES string of the molecule is Cc1ccccc1SCC(=O)NC1CCCCCC1. The summed E-state index contributed by atoms with van der Waals surface area (Å²) in [5, 5.41) is 3.19. The minimum atomic E-state index is 0.181. The van der Waals surface area contributed by atoms with Gasteiger partial charge in [-0.25, -0.2) is 0 Å². The van der Waals surface area contributed by atoms with Crippen LogP contribution >= 0.6 is 11.8 Å². The Balaban J connectivity index is 1.76. The molecular formula is C16H23NOS. The third kappa shape index (κ3) is 4.90. The van der Waals surface area contributed by atoms with Gasteiger partial charge >= 0.3 is 0 Å². The lowest BCUT2D eigenvalue weighted by atomic mass is 10.1. The van der Waals surface area contributed by atoms with Gasteiger partial charge in [-0.3, -0.25) is 4.79 Å². The van der Waals surface area contributed by atoms with Gasteiger partial charge in [-0.05, 0) is 31.4 Å². The molecular weight excluding hydrogens is 254 g/mol. The first-order chi connectivity index (χ1) is 9.25. The molecule has 1 aliphatic rings. The molecule has 2 rings (SSSR count). The lowest BCUT2D eigenvalue weighted by Crippen LogP contribution is -2.35. The average molecular weight is 277 g/mol. The molecule has 0 heterocycles. The van der Waals surface area contributed by atoms with E-state index in [4.69, 9.17) is 0 Å². The quantitative estimate of drug-likeness (QED) is 0.667. The van der Waals surface area contributed by atoms with Gasteiger partial charge < -0.3 is 5.32 Å². The van der Waals surface area contributed by atoms with Gasteiger partial charge in [-0.1, -0.05) is 43.9 Å². The molecule has 0 spiro atoms. The highest BCUT2D eigenvalue weighted by molar-refractivity contribution is 8.00. The number of hydrogen-bond donors (Lipinski definition) is 1. The van der Waals surface area contributed by atoms with Crippen molar-refractivity contribution in [3.8, 4) is 0 Å². The minimum absolute atomic E-state index is 0.181. The van der Waals surface area contributed by atoms with Gasteiger partial charge in [0, 0.05) is 10.9 Å². The zero-order chi connectivity index (χ0) is 13.5. The van der Waals surface area contributed by atoms with Crippen LogP contribution in [0.2, 0.25) is 0 Å². The molecule has 0 atom stereocenters. The molecule has 1 aromatic carbocycles. The standard InChI is InChI=1S/C16H23NOS/c1-13-8-6-7-11-15(13)19-12-16(18)17-14-9-4-2-3-5-10-14/h6-8,11,14H,2-5,9-10,12H2,1H3,(H,17,18). The predicted molar refractivity (Wildman–Crippen MR) is 81.5 cm³/mol. The van der Waals surface area contributed by atoms with Crippen LogP contribution in [-0.4, -0.2) is 17.7 Å². The highest BCUT2D eigenvalue weighted by Gasteiger charge is 2.14. The van der Waals surface area contributed by atoms with Crippen molar-refractivity contribution in [2.24, 2.45) is 0 Å². The van der Waals surface area contributed by atoms with Crippen LogP contribution in [0.5, 0.6) is 0 Å². The summed E-state index contributed by atoms with van der Waals surface area (Å²) in [6, 6.07) is 8.64. The number of benzene rings is 1. The van der Waals surface area contributed by atoms with E-state index in [1.807, 2.05) is 12.1 Å². The zero-order valence-corrected chi connectivity index (χ0v) is 12.5. The fraction of sp³-hybridized carbons (Fsp3) is 0.562. The molecule has 1 N–H and O–H groups in total. The topological polar surface area (TPSA) is 29.1 Å². The molecule has 0 aromatic heterocycles. The van der Waals surface area contributed by atoms with E-state index in [-0.39, 0.29) is 5.91 Å². The average Bonchev–Trinajstić information content (AvgIpc) is 2.66. The summed E-state index contributed by atoms with van der Waals surface area (Å²) < 4.78 is 0. The van der Waals surface area contributed by atoms with Crippen molar-refractivity contribution in [2.45, 2.75) is 56.4 Å². The van der Waals surface area contributed by atoms with Gasteiger partial charge in [-0.2, -0.15) is 0 Å². The summed E-state index contributed by atoms with van der Waals surface area (Å²) in [7, 11) is 0. The molecule has 0 radical (unpaired) electrons. The maximum atomic E-state index is 12.0. The Bertz CT molecular complexity index is 411. The van der Waals surface area contributed by atoms with Crippen LogP contribution < -0.4 is 5.32 Å². The number of rotatable bonds is 4. The van der Waals surface area contributed by atoms with E-state index >= 15 is 0 Å². The van der Waals surface area contributed by atoms with E-state index in [0.717, 1.165) is 12.8 Å². The third-order valence-electron chi connectivity index (χ3n) is 3.67. The van der Waals surface area contributed by atoms with Gasteiger partial charge in [0.1, 0.15) is 0 Å². The first-order valence-electron chi connectivity index (χ1n) is 7.23. The summed E-state index contributed by atoms with van der Waals surface area (Å²) in [4.78, 5) is 13.2. The molecule has 1 aromatic rings. The van der Waals surface area contributed by atoms with E-state index in [0.29, 0.717) is 11.8 Å². The van der Waals surface area contributed by atoms with Gasteiger partial charge in [-0.15, -0.1) is 11.8 Å². The molecule has 19 heavy (non-hydrogen) atoms. The third-order valence-corrected chi connectivity index (χ3v) is 4.85. The molecule has 2 nitrogen and oxygen atoms in total. The molecule has 3 heteroatoms. The summed E-state index contributed by atoms with van der Waals surface area (Å²) in [6.45, 7) is 2.09. The number of carbonyl (C=O) groups is 1. The zero-order valence-electron chi connectivity index (χ0n) is 11.7. The van der Waals surface area contributed by atoms with Crippen molar-refractivity contribution >= 4 is 17.7 Å². The maximum Gasteiger partial charge on any atom is 0.230 e. The van der Waals surface area contributed by atoms with Crippen LogP contribution in [0.25, 0.3) is 0 Å². The number of carbonyl (C=O) groups excluding carboxylic acids is 1. The van der Waals surface area contributed by atoms with E-state index < -0.39 is 0 Å². The molecule has 104 valence electrons. The van der Waals surface area contributed by atoms with Gasteiger partial charge in [0.2, 0.25) is 5.91 Å². The predicted octanol–water partition coefficient (Wildman–Crippen LogP) is 3.93. The van der Waals surface area contributed by atoms with Crippen molar-refractivity contribution in [1.29, 1.82) is 0 Å². The number of aryl methyl sites for hydroxylation is 1. The number of thioether (sulfide) groups is 1. The normalized spacial score (nSPS) is 16.9. The molecule has 0 saturated heterocycles. The van der Waals surface area contributed by atoms with Crippen molar-refractivity contribution in [3.05, 3.63) is 29.8 Å². The lowest BCUT2D eigenvalue weighted by molar-refractivity contribution is -0.119. The highest BCUT2D eigenvalue weighted by atomic mass is 32.2. The Morgan fingerprint density at radius 2 is 1.89 bits per heavy atom. The Hall–Kier alpha value is -0.960. The summed E-state index contributed by atoms with van der Waals surface area (Å²) in [5.74, 6) is 0.710. The summed E-state index contributed by atoms with van der Waals surface area (Å²) >= 11 is 1.64. The second-order valence-corrected chi connectivity index (χ2v) is 6.33. The number of amides is 1. The molecule has 0 unspecified atom stereocenters. The minimum Gasteiger partial charge on any atom is -0.353 e. The van der Waals surface area contributed by atoms with Crippen LogP contribution in [0.15, 0.2) is 29.2 Å². The molecule has 1 amide bonds. The molecule has 1 fully saturated rings. The summed E-state index contributed by atoms with van der Waals surface area (Å²) in [6.07, 6.45) is 7.47. The van der Waals surface area contributed by atoms with Gasteiger partial charge in [0.25, 0.3) is 0 Å². The van der Waals surface area contributed by atoms with Crippen LogP contribution in [0, 0.1) is 6.92 Å². The monoisotopic (exact) mass is 277 g/mol.